The Bertz CT molecular complexity index is 848. The number of furan rings is 1. The molecule has 1 heterocycles. The highest BCUT2D eigenvalue weighted by Crippen LogP contribution is 2.59. The summed E-state index contributed by atoms with van der Waals surface area (Å²) in [4.78, 5) is 0.0767. The molecule has 0 aliphatic heterocycles. The molecule has 130 valence electrons. The molecule has 0 saturated heterocycles. The van der Waals surface area contributed by atoms with Crippen molar-refractivity contribution in [3.63, 3.8) is 0 Å². The first-order valence-corrected chi connectivity index (χ1v) is 9.90. The van der Waals surface area contributed by atoms with E-state index in [4.69, 9.17) is 13.5 Å². The van der Waals surface area contributed by atoms with E-state index in [1.165, 1.54) is 38.7 Å². The lowest BCUT2D eigenvalue weighted by molar-refractivity contribution is 0.287. The molecule has 0 atom stereocenters. The zero-order valence-electron chi connectivity index (χ0n) is 13.4. The summed E-state index contributed by atoms with van der Waals surface area (Å²) in [6.45, 7) is 1.85. The third-order valence-corrected chi connectivity index (χ3v) is 6.45. The van der Waals surface area contributed by atoms with Crippen LogP contribution in [0.5, 0.6) is 0 Å². The molecule has 24 heavy (non-hydrogen) atoms. The van der Waals surface area contributed by atoms with Gasteiger partial charge in [-0.15, -0.1) is 0 Å². The minimum absolute atomic E-state index is 0.0341. The number of nitrogens with one attached hydrogen (secondary N) is 1. The van der Waals surface area contributed by atoms with E-state index in [0.717, 1.165) is 11.8 Å². The normalized spacial score (nSPS) is 13.0. The summed E-state index contributed by atoms with van der Waals surface area (Å²) >= 11 is 0. The molecule has 1 aromatic carbocycles. The van der Waals surface area contributed by atoms with Gasteiger partial charge in [-0.2, -0.15) is 0 Å². The molecule has 0 amide bonds. The van der Waals surface area contributed by atoms with Gasteiger partial charge in [-0.25, -0.2) is 8.42 Å². The minimum atomic E-state index is -3.84. The third-order valence-electron chi connectivity index (χ3n) is 3.23. The van der Waals surface area contributed by atoms with Crippen LogP contribution >= 0.6 is 7.60 Å². The van der Waals surface area contributed by atoms with E-state index in [0.29, 0.717) is 0 Å². The van der Waals surface area contributed by atoms with Crippen LogP contribution in [0.1, 0.15) is 11.3 Å². The maximum atomic E-state index is 12.6. The number of benzene rings is 1. The zero-order chi connectivity index (χ0) is 17.8. The van der Waals surface area contributed by atoms with E-state index in [1.807, 2.05) is 6.92 Å². The summed E-state index contributed by atoms with van der Waals surface area (Å²) in [6, 6.07) is 9.42. The van der Waals surface area contributed by atoms with Crippen molar-refractivity contribution in [2.45, 2.75) is 11.8 Å². The molecule has 2 rings (SSSR count). The van der Waals surface area contributed by atoms with Crippen LogP contribution in [0.3, 0.4) is 0 Å². The predicted octanol–water partition coefficient (Wildman–Crippen LogP) is 3.35. The van der Waals surface area contributed by atoms with Crippen LogP contribution in [0.4, 0.5) is 0 Å². The van der Waals surface area contributed by atoms with Gasteiger partial charge < -0.3 is 13.5 Å². The van der Waals surface area contributed by atoms with Crippen LogP contribution in [-0.2, 0) is 23.6 Å². The summed E-state index contributed by atoms with van der Waals surface area (Å²) in [6.07, 6.45) is 2.43. The second-order valence-electron chi connectivity index (χ2n) is 4.80. The van der Waals surface area contributed by atoms with Crippen LogP contribution in [0, 0.1) is 6.92 Å². The summed E-state index contributed by atoms with van der Waals surface area (Å²) in [7, 11) is -5.16. The molecular weight excluding hydrogens is 353 g/mol. The van der Waals surface area contributed by atoms with Gasteiger partial charge in [-0.1, -0.05) is 17.7 Å². The van der Waals surface area contributed by atoms with Crippen LogP contribution < -0.4 is 4.72 Å². The van der Waals surface area contributed by atoms with Crippen molar-refractivity contribution >= 4 is 22.9 Å². The highest BCUT2D eigenvalue weighted by atomic mass is 32.2. The summed E-state index contributed by atoms with van der Waals surface area (Å²) in [5, 5.41) is -0.0341. The van der Waals surface area contributed by atoms with Gasteiger partial charge in [0.2, 0.25) is 0 Å². The van der Waals surface area contributed by atoms with Crippen molar-refractivity contribution in [2.75, 3.05) is 14.2 Å². The number of hydrogen-bond acceptors (Lipinski definition) is 6. The fraction of sp³-hybridized carbons (Fsp3) is 0.200. The molecule has 0 unspecified atom stereocenters. The molecule has 0 saturated carbocycles. The van der Waals surface area contributed by atoms with Crippen molar-refractivity contribution < 1.29 is 26.4 Å². The van der Waals surface area contributed by atoms with Gasteiger partial charge in [0.1, 0.15) is 11.1 Å². The molecule has 1 N–H and O–H groups in total. The van der Waals surface area contributed by atoms with Crippen LogP contribution in [0.25, 0.3) is 5.31 Å². The van der Waals surface area contributed by atoms with E-state index >= 15 is 0 Å². The second kappa shape index (κ2) is 7.36. The Hall–Kier alpha value is -1.86. The van der Waals surface area contributed by atoms with Crippen molar-refractivity contribution in [3.8, 4) is 0 Å². The summed E-state index contributed by atoms with van der Waals surface area (Å²) < 4.78 is 54.7. The molecule has 2 aromatic rings. The third kappa shape index (κ3) is 3.96. The SMILES string of the molecule is COP(=O)(OC)/C(=C\NS(=O)(=O)c1ccc(C)cc1)c1ccco1. The largest absolute Gasteiger partial charge is 0.464 e. The summed E-state index contributed by atoms with van der Waals surface area (Å²) in [5.41, 5.74) is 0.934. The summed E-state index contributed by atoms with van der Waals surface area (Å²) in [5.74, 6) is 0.175. The second-order valence-corrected chi connectivity index (χ2v) is 8.72. The zero-order valence-corrected chi connectivity index (χ0v) is 15.1. The van der Waals surface area contributed by atoms with Gasteiger partial charge in [0.25, 0.3) is 10.0 Å². The molecule has 0 spiro atoms. The number of hydrogen-bond donors (Lipinski definition) is 1. The Morgan fingerprint density at radius 2 is 1.79 bits per heavy atom. The fourth-order valence-electron chi connectivity index (χ4n) is 1.90. The molecule has 0 aliphatic carbocycles. The molecule has 1 aromatic heterocycles. The maximum Gasteiger partial charge on any atom is 0.366 e. The van der Waals surface area contributed by atoms with Gasteiger partial charge >= 0.3 is 7.60 Å². The number of aryl methyl sites for hydroxylation is 1. The quantitative estimate of drug-likeness (QED) is 0.750. The Kier molecular flexibility index (Phi) is 5.66. The van der Waals surface area contributed by atoms with Crippen molar-refractivity contribution in [2.24, 2.45) is 0 Å². The molecule has 0 radical (unpaired) electrons. The maximum absolute atomic E-state index is 12.6. The van der Waals surface area contributed by atoms with Crippen molar-refractivity contribution in [1.29, 1.82) is 0 Å². The van der Waals surface area contributed by atoms with Gasteiger partial charge in [-0.05, 0) is 31.2 Å². The highest BCUT2D eigenvalue weighted by Gasteiger charge is 2.31. The average molecular weight is 371 g/mol. The first kappa shape index (κ1) is 18.5. The molecule has 0 bridgehead atoms. The molecule has 9 heteroatoms. The lowest BCUT2D eigenvalue weighted by Gasteiger charge is -2.16. The Morgan fingerprint density at radius 1 is 1.17 bits per heavy atom. The first-order chi connectivity index (χ1) is 11.3. The van der Waals surface area contributed by atoms with Crippen molar-refractivity contribution in [3.05, 3.63) is 60.2 Å². The average Bonchev–Trinajstić information content (AvgIpc) is 3.09. The lowest BCUT2D eigenvalue weighted by atomic mass is 10.2. The monoisotopic (exact) mass is 371 g/mol. The molecule has 0 fully saturated rings. The van der Waals surface area contributed by atoms with Gasteiger partial charge in [0.05, 0.1) is 11.2 Å². The van der Waals surface area contributed by atoms with Crippen LogP contribution in [-0.4, -0.2) is 22.6 Å². The Labute approximate surface area is 140 Å². The number of sulfonamides is 1. The topological polar surface area (TPSA) is 94.8 Å². The number of rotatable bonds is 7. The van der Waals surface area contributed by atoms with E-state index in [1.54, 1.807) is 18.2 Å². The van der Waals surface area contributed by atoms with E-state index < -0.39 is 17.6 Å². The highest BCUT2D eigenvalue weighted by molar-refractivity contribution is 7.89. The standard InChI is InChI=1S/C15H18NO6PS/c1-12-6-8-13(9-7-12)24(18,19)16-11-15(14-5-4-10-22-14)23(17,20-2)21-3/h4-11,16H,1-3H3/b15-11-. The fourth-order valence-corrected chi connectivity index (χ4v) is 4.05. The Balaban J connectivity index is 2.41. The van der Waals surface area contributed by atoms with Crippen molar-refractivity contribution in [1.82, 2.24) is 4.72 Å². The van der Waals surface area contributed by atoms with Crippen LogP contribution in [0.15, 0.2) is 58.2 Å². The van der Waals surface area contributed by atoms with Crippen LogP contribution in [0.2, 0.25) is 0 Å². The predicted molar refractivity (Wildman–Crippen MR) is 89.8 cm³/mol. The first-order valence-electron chi connectivity index (χ1n) is 6.87. The van der Waals surface area contributed by atoms with Gasteiger partial charge in [0.15, 0.2) is 0 Å². The van der Waals surface area contributed by atoms with Gasteiger partial charge in [0, 0.05) is 20.4 Å². The van der Waals surface area contributed by atoms with Gasteiger partial charge in [-0.3, -0.25) is 9.29 Å². The molecule has 7 nitrogen and oxygen atoms in total. The lowest BCUT2D eigenvalue weighted by Crippen LogP contribution is -2.18. The van der Waals surface area contributed by atoms with E-state index in [2.05, 4.69) is 4.72 Å². The molecule has 0 aliphatic rings. The van der Waals surface area contributed by atoms with E-state index in [9.17, 15) is 13.0 Å². The molecular formula is C15H18NO6PS. The Morgan fingerprint density at radius 3 is 2.29 bits per heavy atom. The smallest absolute Gasteiger partial charge is 0.366 e. The van der Waals surface area contributed by atoms with E-state index in [-0.39, 0.29) is 16.0 Å². The minimum Gasteiger partial charge on any atom is -0.464 e.